The normalized spacial score (nSPS) is 10.6. The van der Waals surface area contributed by atoms with Gasteiger partial charge in [0.15, 0.2) is 0 Å². The standard InChI is InChI=1S/C12H14N4O3/c1-8-4-3-5-9(11(8)16(17)18)12-15-14-10(19-12)6-7-13-2/h3-5,13H,6-7H2,1-2H3. The minimum absolute atomic E-state index is 0.00585. The molecule has 0 fully saturated rings. The molecule has 0 bridgehead atoms. The second kappa shape index (κ2) is 5.57. The number of likely N-dealkylation sites (N-methyl/N-ethyl adjacent to an activating group) is 1. The van der Waals surface area contributed by atoms with Crippen LogP contribution < -0.4 is 5.32 Å². The Morgan fingerprint density at radius 3 is 2.89 bits per heavy atom. The summed E-state index contributed by atoms with van der Waals surface area (Å²) in [5.41, 5.74) is 0.928. The molecule has 1 heterocycles. The number of hydrogen-bond donors (Lipinski definition) is 1. The number of aryl methyl sites for hydroxylation is 1. The van der Waals surface area contributed by atoms with Gasteiger partial charge >= 0.3 is 0 Å². The van der Waals surface area contributed by atoms with E-state index in [1.165, 1.54) is 0 Å². The van der Waals surface area contributed by atoms with E-state index < -0.39 is 4.92 Å². The molecule has 1 aromatic heterocycles. The molecule has 0 unspecified atom stereocenters. The molecule has 1 N–H and O–H groups in total. The van der Waals surface area contributed by atoms with Crippen molar-refractivity contribution in [2.24, 2.45) is 0 Å². The van der Waals surface area contributed by atoms with Crippen molar-refractivity contribution in [1.82, 2.24) is 15.5 Å². The van der Waals surface area contributed by atoms with Crippen molar-refractivity contribution in [3.63, 3.8) is 0 Å². The lowest BCUT2D eigenvalue weighted by Gasteiger charge is -2.00. The molecule has 0 saturated carbocycles. The smallest absolute Gasteiger partial charge is 0.284 e. The van der Waals surface area contributed by atoms with Crippen LogP contribution >= 0.6 is 0 Å². The van der Waals surface area contributed by atoms with E-state index in [0.717, 1.165) is 0 Å². The fourth-order valence-electron chi connectivity index (χ4n) is 1.77. The van der Waals surface area contributed by atoms with E-state index in [4.69, 9.17) is 4.42 Å². The second-order valence-electron chi connectivity index (χ2n) is 4.08. The van der Waals surface area contributed by atoms with Crippen LogP contribution in [-0.4, -0.2) is 28.7 Å². The fraction of sp³-hybridized carbons (Fsp3) is 0.333. The van der Waals surface area contributed by atoms with Gasteiger partial charge in [-0.15, -0.1) is 10.2 Å². The third-order valence-corrected chi connectivity index (χ3v) is 2.71. The minimum Gasteiger partial charge on any atom is -0.420 e. The van der Waals surface area contributed by atoms with Crippen LogP contribution in [0.15, 0.2) is 22.6 Å². The number of nitro groups is 1. The van der Waals surface area contributed by atoms with Gasteiger partial charge in [0.2, 0.25) is 5.89 Å². The zero-order valence-electron chi connectivity index (χ0n) is 10.7. The van der Waals surface area contributed by atoms with Crippen molar-refractivity contribution in [2.45, 2.75) is 13.3 Å². The minimum atomic E-state index is -0.428. The van der Waals surface area contributed by atoms with Crippen LogP contribution in [0.3, 0.4) is 0 Å². The molecule has 7 nitrogen and oxygen atoms in total. The lowest BCUT2D eigenvalue weighted by molar-refractivity contribution is -0.384. The lowest BCUT2D eigenvalue weighted by atomic mass is 10.1. The number of benzene rings is 1. The average molecular weight is 262 g/mol. The van der Waals surface area contributed by atoms with Crippen LogP contribution in [0.1, 0.15) is 11.5 Å². The fourth-order valence-corrected chi connectivity index (χ4v) is 1.77. The third kappa shape index (κ3) is 2.76. The Kier molecular flexibility index (Phi) is 3.86. The molecular weight excluding hydrogens is 248 g/mol. The van der Waals surface area contributed by atoms with Gasteiger partial charge in [-0.3, -0.25) is 10.1 Å². The zero-order valence-corrected chi connectivity index (χ0v) is 10.7. The molecule has 2 aromatic rings. The first kappa shape index (κ1) is 13.2. The topological polar surface area (TPSA) is 94.1 Å². The molecule has 2 rings (SSSR count). The largest absolute Gasteiger partial charge is 0.420 e. The molecule has 100 valence electrons. The number of hydrogen-bond acceptors (Lipinski definition) is 6. The van der Waals surface area contributed by atoms with E-state index in [9.17, 15) is 10.1 Å². The Morgan fingerprint density at radius 2 is 2.21 bits per heavy atom. The number of aromatic nitrogens is 2. The summed E-state index contributed by atoms with van der Waals surface area (Å²) in [7, 11) is 1.82. The monoisotopic (exact) mass is 262 g/mol. The highest BCUT2D eigenvalue weighted by atomic mass is 16.6. The van der Waals surface area contributed by atoms with Gasteiger partial charge in [0.25, 0.3) is 11.6 Å². The van der Waals surface area contributed by atoms with Crippen molar-refractivity contribution < 1.29 is 9.34 Å². The summed E-state index contributed by atoms with van der Waals surface area (Å²) in [6, 6.07) is 5.02. The maximum absolute atomic E-state index is 11.1. The van der Waals surface area contributed by atoms with Gasteiger partial charge in [0, 0.05) is 18.5 Å². The van der Waals surface area contributed by atoms with Crippen molar-refractivity contribution in [3.05, 3.63) is 39.8 Å². The molecule has 1 aromatic carbocycles. The van der Waals surface area contributed by atoms with Crippen LogP contribution in [0.2, 0.25) is 0 Å². The first-order valence-corrected chi connectivity index (χ1v) is 5.85. The predicted octanol–water partition coefficient (Wildman–Crippen LogP) is 1.72. The molecule has 0 radical (unpaired) electrons. The van der Waals surface area contributed by atoms with Crippen LogP contribution in [0.5, 0.6) is 0 Å². The Bertz CT molecular complexity index is 594. The van der Waals surface area contributed by atoms with E-state index >= 15 is 0 Å². The maximum atomic E-state index is 11.1. The quantitative estimate of drug-likeness (QED) is 0.651. The van der Waals surface area contributed by atoms with Gasteiger partial charge in [-0.1, -0.05) is 12.1 Å². The highest BCUT2D eigenvalue weighted by Crippen LogP contribution is 2.31. The van der Waals surface area contributed by atoms with E-state index in [2.05, 4.69) is 15.5 Å². The van der Waals surface area contributed by atoms with E-state index in [0.29, 0.717) is 30.0 Å². The van der Waals surface area contributed by atoms with E-state index in [-0.39, 0.29) is 11.6 Å². The van der Waals surface area contributed by atoms with Crippen molar-refractivity contribution in [3.8, 4) is 11.5 Å². The average Bonchev–Trinajstić information content (AvgIpc) is 2.84. The Hall–Kier alpha value is -2.28. The van der Waals surface area contributed by atoms with Crippen molar-refractivity contribution in [2.75, 3.05) is 13.6 Å². The number of nitro benzene ring substituents is 1. The SMILES string of the molecule is CNCCc1nnc(-c2cccc(C)c2[N+](=O)[O-])o1. The van der Waals surface area contributed by atoms with Gasteiger partial charge in [0.1, 0.15) is 5.56 Å². The molecule has 0 aliphatic rings. The Balaban J connectivity index is 2.39. The highest BCUT2D eigenvalue weighted by Gasteiger charge is 2.22. The van der Waals surface area contributed by atoms with E-state index in [1.54, 1.807) is 25.1 Å². The lowest BCUT2D eigenvalue weighted by Crippen LogP contribution is -2.10. The molecule has 0 aliphatic carbocycles. The predicted molar refractivity (Wildman–Crippen MR) is 68.8 cm³/mol. The number of nitrogens with one attached hydrogen (secondary N) is 1. The third-order valence-electron chi connectivity index (χ3n) is 2.71. The van der Waals surface area contributed by atoms with Crippen LogP contribution in [0.25, 0.3) is 11.5 Å². The zero-order chi connectivity index (χ0) is 13.8. The summed E-state index contributed by atoms with van der Waals surface area (Å²) in [6.07, 6.45) is 0.586. The number of para-hydroxylation sites is 1. The highest BCUT2D eigenvalue weighted by molar-refractivity contribution is 5.69. The van der Waals surface area contributed by atoms with Crippen LogP contribution in [-0.2, 0) is 6.42 Å². The summed E-state index contributed by atoms with van der Waals surface area (Å²) in [4.78, 5) is 10.7. The van der Waals surface area contributed by atoms with Crippen molar-refractivity contribution >= 4 is 5.69 Å². The summed E-state index contributed by atoms with van der Waals surface area (Å²) < 4.78 is 5.45. The van der Waals surface area contributed by atoms with Gasteiger partial charge in [-0.25, -0.2) is 0 Å². The van der Waals surface area contributed by atoms with Gasteiger partial charge < -0.3 is 9.73 Å². The molecule has 0 spiro atoms. The molecule has 0 atom stereocenters. The van der Waals surface area contributed by atoms with Gasteiger partial charge in [-0.2, -0.15) is 0 Å². The number of nitrogens with zero attached hydrogens (tertiary/aromatic N) is 3. The van der Waals surface area contributed by atoms with Crippen molar-refractivity contribution in [1.29, 1.82) is 0 Å². The first-order valence-electron chi connectivity index (χ1n) is 5.85. The van der Waals surface area contributed by atoms with Gasteiger partial charge in [-0.05, 0) is 20.0 Å². The van der Waals surface area contributed by atoms with Crippen LogP contribution in [0, 0.1) is 17.0 Å². The number of rotatable bonds is 5. The second-order valence-corrected chi connectivity index (χ2v) is 4.08. The molecule has 0 amide bonds. The summed E-state index contributed by atoms with van der Waals surface area (Å²) >= 11 is 0. The summed E-state index contributed by atoms with van der Waals surface area (Å²) in [6.45, 7) is 2.39. The van der Waals surface area contributed by atoms with Gasteiger partial charge in [0.05, 0.1) is 4.92 Å². The molecule has 0 aliphatic heterocycles. The molecule has 0 saturated heterocycles. The van der Waals surface area contributed by atoms with Crippen LogP contribution in [0.4, 0.5) is 5.69 Å². The Labute approximate surface area is 109 Å². The Morgan fingerprint density at radius 1 is 1.42 bits per heavy atom. The van der Waals surface area contributed by atoms with E-state index in [1.807, 2.05) is 7.05 Å². The first-order chi connectivity index (χ1) is 9.13. The maximum Gasteiger partial charge on any atom is 0.284 e. The summed E-state index contributed by atoms with van der Waals surface area (Å²) in [5.74, 6) is 0.640. The summed E-state index contributed by atoms with van der Waals surface area (Å²) in [5, 5.41) is 21.8. The molecular formula is C12H14N4O3. The molecule has 7 heteroatoms. The molecule has 19 heavy (non-hydrogen) atoms.